The highest BCUT2D eigenvalue weighted by Crippen LogP contribution is 2.44. The van der Waals surface area contributed by atoms with Crippen LogP contribution in [0.5, 0.6) is 11.5 Å². The zero-order valence-electron chi connectivity index (χ0n) is 15.7. The Bertz CT molecular complexity index is 941. The average Bonchev–Trinajstić information content (AvgIpc) is 2.66. The van der Waals surface area contributed by atoms with Gasteiger partial charge in [0, 0.05) is 5.56 Å². The standard InChI is InChI=1S/C23H24O2Si/c1-23(2,3)26(18-15-13-17(24-4)14-16-18)22-12-8-6-10-20(22)19-9-5-7-11-21(19)25-26/h5-16H,1-4H3/t26-/m1/s1. The number of ether oxygens (including phenoxy) is 1. The number of benzene rings is 3. The third-order valence-electron chi connectivity index (χ3n) is 5.30. The minimum atomic E-state index is -2.52. The summed E-state index contributed by atoms with van der Waals surface area (Å²) in [5, 5.41) is 2.59. The molecule has 2 nitrogen and oxygen atoms in total. The molecule has 0 aliphatic carbocycles. The summed E-state index contributed by atoms with van der Waals surface area (Å²) in [6, 6.07) is 25.6. The summed E-state index contributed by atoms with van der Waals surface area (Å²) in [6.45, 7) is 6.90. The van der Waals surface area contributed by atoms with Crippen LogP contribution in [0.3, 0.4) is 0 Å². The van der Waals surface area contributed by atoms with E-state index >= 15 is 0 Å². The number of para-hydroxylation sites is 1. The normalized spacial score (nSPS) is 18.5. The maximum atomic E-state index is 6.97. The lowest BCUT2D eigenvalue weighted by atomic mass is 10.0. The van der Waals surface area contributed by atoms with Crippen LogP contribution in [0.25, 0.3) is 11.1 Å². The molecule has 132 valence electrons. The van der Waals surface area contributed by atoms with Gasteiger partial charge >= 0.3 is 8.32 Å². The van der Waals surface area contributed by atoms with Crippen LogP contribution >= 0.6 is 0 Å². The zero-order valence-corrected chi connectivity index (χ0v) is 16.7. The molecule has 0 aromatic heterocycles. The summed E-state index contributed by atoms with van der Waals surface area (Å²) >= 11 is 0. The van der Waals surface area contributed by atoms with Gasteiger partial charge in [-0.1, -0.05) is 75.4 Å². The molecular formula is C23H24O2Si. The highest BCUT2D eigenvalue weighted by molar-refractivity contribution is 7.01. The molecule has 3 aromatic rings. The summed E-state index contributed by atoms with van der Waals surface area (Å²) in [7, 11) is -0.821. The molecule has 0 bridgehead atoms. The molecule has 4 rings (SSSR count). The number of methoxy groups -OCH3 is 1. The molecule has 3 heteroatoms. The van der Waals surface area contributed by atoms with Crippen LogP contribution < -0.4 is 19.5 Å². The monoisotopic (exact) mass is 360 g/mol. The van der Waals surface area contributed by atoms with Gasteiger partial charge in [-0.25, -0.2) is 0 Å². The van der Waals surface area contributed by atoms with Crippen LogP contribution in [0.1, 0.15) is 20.8 Å². The van der Waals surface area contributed by atoms with Crippen LogP contribution in [0.2, 0.25) is 5.04 Å². The molecule has 0 radical (unpaired) electrons. The molecule has 1 atom stereocenters. The Balaban J connectivity index is 2.04. The minimum Gasteiger partial charge on any atom is -0.534 e. The molecule has 0 unspecified atom stereocenters. The van der Waals surface area contributed by atoms with Gasteiger partial charge in [0.1, 0.15) is 11.5 Å². The zero-order chi connectivity index (χ0) is 18.4. The van der Waals surface area contributed by atoms with Gasteiger partial charge in [0.2, 0.25) is 0 Å². The van der Waals surface area contributed by atoms with E-state index in [-0.39, 0.29) is 5.04 Å². The smallest absolute Gasteiger partial charge is 0.320 e. The minimum absolute atomic E-state index is 0.0226. The maximum absolute atomic E-state index is 6.97. The predicted octanol–water partition coefficient (Wildman–Crippen LogP) is 4.61. The first-order valence-corrected chi connectivity index (χ1v) is 10.9. The molecule has 1 heterocycles. The highest BCUT2D eigenvalue weighted by atomic mass is 28.4. The van der Waals surface area contributed by atoms with E-state index < -0.39 is 8.32 Å². The van der Waals surface area contributed by atoms with Crippen molar-refractivity contribution >= 4 is 18.7 Å². The molecule has 1 aliphatic rings. The molecule has 0 N–H and O–H groups in total. The fourth-order valence-electron chi connectivity index (χ4n) is 4.05. The first-order chi connectivity index (χ1) is 12.5. The van der Waals surface area contributed by atoms with Gasteiger partial charge in [-0.2, -0.15) is 0 Å². The highest BCUT2D eigenvalue weighted by Gasteiger charge is 2.55. The summed E-state index contributed by atoms with van der Waals surface area (Å²) in [5.74, 6) is 1.86. The van der Waals surface area contributed by atoms with E-state index in [1.807, 2.05) is 12.1 Å². The van der Waals surface area contributed by atoms with Crippen molar-refractivity contribution in [2.75, 3.05) is 7.11 Å². The summed E-state index contributed by atoms with van der Waals surface area (Å²) in [5.41, 5.74) is 2.48. The lowest BCUT2D eigenvalue weighted by Crippen LogP contribution is -2.70. The molecular weight excluding hydrogens is 336 g/mol. The second kappa shape index (κ2) is 6.03. The molecule has 0 saturated carbocycles. The van der Waals surface area contributed by atoms with E-state index in [9.17, 15) is 0 Å². The van der Waals surface area contributed by atoms with E-state index in [0.717, 1.165) is 11.5 Å². The molecule has 0 saturated heterocycles. The second-order valence-electron chi connectivity index (χ2n) is 7.80. The van der Waals surface area contributed by atoms with Crippen molar-refractivity contribution in [3.05, 3.63) is 72.8 Å². The topological polar surface area (TPSA) is 18.5 Å². The van der Waals surface area contributed by atoms with E-state index in [0.29, 0.717) is 0 Å². The third kappa shape index (κ3) is 2.38. The van der Waals surface area contributed by atoms with Crippen LogP contribution in [-0.4, -0.2) is 15.4 Å². The van der Waals surface area contributed by atoms with Gasteiger partial charge in [0.25, 0.3) is 0 Å². The number of hydrogen-bond acceptors (Lipinski definition) is 2. The Morgan fingerprint density at radius 2 is 1.38 bits per heavy atom. The van der Waals surface area contributed by atoms with Crippen molar-refractivity contribution < 1.29 is 9.16 Å². The van der Waals surface area contributed by atoms with Crippen LogP contribution in [0, 0.1) is 0 Å². The SMILES string of the molecule is COc1ccc([Si@@]2(C(C)(C)C)Oc3ccccc3-c3ccccc32)cc1. The van der Waals surface area contributed by atoms with Gasteiger partial charge in [0.05, 0.1) is 7.11 Å². The fraction of sp³-hybridized carbons (Fsp3) is 0.217. The first kappa shape index (κ1) is 16.9. The van der Waals surface area contributed by atoms with Crippen molar-refractivity contribution in [1.29, 1.82) is 0 Å². The Labute approximate surface area is 156 Å². The fourth-order valence-corrected chi connectivity index (χ4v) is 8.64. The second-order valence-corrected chi connectivity index (χ2v) is 12.0. The Morgan fingerprint density at radius 1 is 0.769 bits per heavy atom. The van der Waals surface area contributed by atoms with Crippen molar-refractivity contribution in [2.24, 2.45) is 0 Å². The molecule has 0 amide bonds. The van der Waals surface area contributed by atoms with E-state index in [4.69, 9.17) is 9.16 Å². The van der Waals surface area contributed by atoms with Crippen LogP contribution in [0.15, 0.2) is 72.8 Å². The average molecular weight is 361 g/mol. The van der Waals surface area contributed by atoms with E-state index in [2.05, 4.69) is 81.4 Å². The molecule has 26 heavy (non-hydrogen) atoms. The summed E-state index contributed by atoms with van der Waals surface area (Å²) in [4.78, 5) is 0. The maximum Gasteiger partial charge on any atom is 0.320 e. The Hall–Kier alpha value is -2.52. The predicted molar refractivity (Wildman–Crippen MR) is 110 cm³/mol. The van der Waals surface area contributed by atoms with E-state index in [1.54, 1.807) is 7.11 Å². The number of fused-ring (bicyclic) bond motifs is 3. The summed E-state index contributed by atoms with van der Waals surface area (Å²) < 4.78 is 12.3. The van der Waals surface area contributed by atoms with Crippen molar-refractivity contribution in [2.45, 2.75) is 25.8 Å². The van der Waals surface area contributed by atoms with Gasteiger partial charge < -0.3 is 9.16 Å². The number of rotatable bonds is 2. The first-order valence-electron chi connectivity index (χ1n) is 9.00. The third-order valence-corrected chi connectivity index (χ3v) is 10.3. The lowest BCUT2D eigenvalue weighted by Gasteiger charge is -2.46. The Morgan fingerprint density at radius 3 is 2.04 bits per heavy atom. The lowest BCUT2D eigenvalue weighted by molar-refractivity contribution is 0.415. The molecule has 1 aliphatic heterocycles. The van der Waals surface area contributed by atoms with Gasteiger partial charge in [-0.15, -0.1) is 0 Å². The molecule has 0 fully saturated rings. The van der Waals surface area contributed by atoms with Gasteiger partial charge in [-0.3, -0.25) is 0 Å². The number of hydrogen-bond donors (Lipinski definition) is 0. The largest absolute Gasteiger partial charge is 0.534 e. The van der Waals surface area contributed by atoms with Gasteiger partial charge in [-0.05, 0) is 39.2 Å². The van der Waals surface area contributed by atoms with Crippen LogP contribution in [0.4, 0.5) is 0 Å². The summed E-state index contributed by atoms with van der Waals surface area (Å²) in [6.07, 6.45) is 0. The van der Waals surface area contributed by atoms with Crippen LogP contribution in [-0.2, 0) is 0 Å². The van der Waals surface area contributed by atoms with E-state index in [1.165, 1.54) is 21.5 Å². The molecule has 3 aromatic carbocycles. The van der Waals surface area contributed by atoms with Gasteiger partial charge in [0.15, 0.2) is 0 Å². The molecule has 0 spiro atoms. The van der Waals surface area contributed by atoms with Crippen molar-refractivity contribution in [1.82, 2.24) is 0 Å². The van der Waals surface area contributed by atoms with Crippen molar-refractivity contribution in [3.63, 3.8) is 0 Å². The van der Waals surface area contributed by atoms with Crippen molar-refractivity contribution in [3.8, 4) is 22.6 Å². The Kier molecular flexibility index (Phi) is 3.92. The quantitative estimate of drug-likeness (QED) is 0.621.